The van der Waals surface area contributed by atoms with Gasteiger partial charge in [0, 0.05) is 4.88 Å². The second kappa shape index (κ2) is 7.00. The number of carboxylic acid groups (broad SMARTS) is 1. The smallest absolute Gasteiger partial charge is 0.341 e. The van der Waals surface area contributed by atoms with Gasteiger partial charge in [0.1, 0.15) is 5.00 Å². The summed E-state index contributed by atoms with van der Waals surface area (Å²) in [7, 11) is 0. The maximum Gasteiger partial charge on any atom is 0.341 e. The molecule has 0 radical (unpaired) electrons. The lowest BCUT2D eigenvalue weighted by molar-refractivity contribution is -0.151. The van der Waals surface area contributed by atoms with E-state index < -0.39 is 23.8 Å². The molecule has 0 saturated heterocycles. The van der Waals surface area contributed by atoms with Crippen LogP contribution in [0.25, 0.3) is 0 Å². The van der Waals surface area contributed by atoms with Crippen molar-refractivity contribution in [1.82, 2.24) is 0 Å². The fourth-order valence-corrected chi connectivity index (χ4v) is 4.75. The summed E-state index contributed by atoms with van der Waals surface area (Å²) in [5.74, 6) is -3.26. The van der Waals surface area contributed by atoms with Gasteiger partial charge in [-0.3, -0.25) is 9.59 Å². The van der Waals surface area contributed by atoms with Gasteiger partial charge in [-0.2, -0.15) is 0 Å². The first-order chi connectivity index (χ1) is 11.9. The largest absolute Gasteiger partial charge is 0.481 e. The van der Waals surface area contributed by atoms with Crippen LogP contribution in [-0.2, 0) is 14.3 Å². The number of aryl methyl sites for hydroxylation is 1. The molecule has 0 aromatic carbocycles. The van der Waals surface area contributed by atoms with Gasteiger partial charge in [0.25, 0.3) is 0 Å². The van der Waals surface area contributed by atoms with E-state index in [1.54, 1.807) is 13.0 Å². The number of nitrogens with one attached hydrogen (secondary N) is 1. The van der Waals surface area contributed by atoms with Gasteiger partial charge in [0.15, 0.2) is 0 Å². The molecule has 3 aliphatic carbocycles. The van der Waals surface area contributed by atoms with Crippen LogP contribution in [-0.4, -0.2) is 29.6 Å². The predicted octanol–water partition coefficient (Wildman–Crippen LogP) is 3.08. The lowest BCUT2D eigenvalue weighted by Crippen LogP contribution is -2.47. The van der Waals surface area contributed by atoms with Crippen molar-refractivity contribution in [2.24, 2.45) is 23.7 Å². The highest BCUT2D eigenvalue weighted by molar-refractivity contribution is 7.16. The Morgan fingerprint density at radius 1 is 1.24 bits per heavy atom. The number of amides is 1. The van der Waals surface area contributed by atoms with Gasteiger partial charge in [-0.15, -0.1) is 11.3 Å². The van der Waals surface area contributed by atoms with E-state index in [-0.39, 0.29) is 24.3 Å². The lowest BCUT2D eigenvalue weighted by atomic mass is 9.62. The van der Waals surface area contributed by atoms with E-state index in [9.17, 15) is 19.5 Å². The Bertz CT molecular complexity index is 738. The second-order valence-corrected chi connectivity index (χ2v) is 7.75. The summed E-state index contributed by atoms with van der Waals surface area (Å²) in [5, 5.41) is 12.8. The first-order valence-corrected chi connectivity index (χ1v) is 9.23. The summed E-state index contributed by atoms with van der Waals surface area (Å²) in [6.45, 7) is 3.81. The molecule has 2 N–H and O–H groups in total. The predicted molar refractivity (Wildman–Crippen MR) is 93.6 cm³/mol. The van der Waals surface area contributed by atoms with Crippen molar-refractivity contribution in [3.63, 3.8) is 0 Å². The van der Waals surface area contributed by atoms with Gasteiger partial charge in [0.2, 0.25) is 5.91 Å². The molecule has 1 heterocycles. The Balaban J connectivity index is 1.84. The highest BCUT2D eigenvalue weighted by Gasteiger charge is 2.48. The Morgan fingerprint density at radius 3 is 2.44 bits per heavy atom. The number of hydrogen-bond acceptors (Lipinski definition) is 5. The zero-order valence-electron chi connectivity index (χ0n) is 14.2. The molecule has 6 nitrogen and oxygen atoms in total. The topological polar surface area (TPSA) is 92.7 Å². The molecule has 4 rings (SSSR count). The van der Waals surface area contributed by atoms with Crippen molar-refractivity contribution in [1.29, 1.82) is 0 Å². The van der Waals surface area contributed by atoms with Crippen molar-refractivity contribution in [3.8, 4) is 0 Å². The molecule has 2 bridgehead atoms. The molecule has 7 heteroatoms. The van der Waals surface area contributed by atoms with E-state index in [0.717, 1.165) is 17.7 Å². The van der Waals surface area contributed by atoms with Crippen LogP contribution in [0, 0.1) is 30.6 Å². The molecule has 3 aliphatic rings. The third-order valence-corrected chi connectivity index (χ3v) is 5.89. The minimum Gasteiger partial charge on any atom is -0.481 e. The van der Waals surface area contributed by atoms with Crippen LogP contribution in [0.15, 0.2) is 18.2 Å². The maximum atomic E-state index is 12.9. The van der Waals surface area contributed by atoms with Gasteiger partial charge in [-0.1, -0.05) is 12.2 Å². The number of anilines is 1. The zero-order valence-corrected chi connectivity index (χ0v) is 15.0. The normalized spacial score (nSPS) is 27.1. The Kier molecular flexibility index (Phi) is 4.94. The lowest BCUT2D eigenvalue weighted by Gasteiger charge is -2.41. The highest BCUT2D eigenvalue weighted by Crippen LogP contribution is 2.45. The molecule has 0 spiro atoms. The van der Waals surface area contributed by atoms with Gasteiger partial charge in [0.05, 0.1) is 24.0 Å². The fraction of sp³-hybridized carbons (Fsp3) is 0.500. The van der Waals surface area contributed by atoms with Crippen molar-refractivity contribution >= 4 is 34.2 Å². The SMILES string of the molecule is CCOC(=O)c1cc(C)sc1NC(=O)[C@@H]1[C@@H](C(=O)O)[C@H]2C=C[C@@H]1CC2. The molecule has 0 aliphatic heterocycles. The molecule has 1 amide bonds. The van der Waals surface area contributed by atoms with Crippen LogP contribution in [0.3, 0.4) is 0 Å². The number of rotatable bonds is 5. The Hall–Kier alpha value is -2.15. The quantitative estimate of drug-likeness (QED) is 0.619. The Morgan fingerprint density at radius 2 is 1.88 bits per heavy atom. The average Bonchev–Trinajstić information content (AvgIpc) is 2.95. The summed E-state index contributed by atoms with van der Waals surface area (Å²) in [4.78, 5) is 37.5. The van der Waals surface area contributed by atoms with E-state index in [1.807, 2.05) is 19.1 Å². The summed E-state index contributed by atoms with van der Waals surface area (Å²) in [6.07, 6.45) is 5.51. The minimum absolute atomic E-state index is 0.0711. The standard InChI is InChI=1S/C18H21NO5S/c1-3-24-18(23)12-8-9(2)25-16(12)19-15(20)13-10-4-6-11(7-5-10)14(13)17(21)22/h4,6,8,10-11,13-14H,3,5,7H2,1-2H3,(H,19,20)(H,21,22)/t10-,11+,13+,14+/m1/s1. The van der Waals surface area contributed by atoms with Gasteiger partial charge in [-0.05, 0) is 44.6 Å². The highest BCUT2D eigenvalue weighted by atomic mass is 32.1. The Labute approximate surface area is 149 Å². The first-order valence-electron chi connectivity index (χ1n) is 8.42. The number of thiophene rings is 1. The summed E-state index contributed by atoms with van der Waals surface area (Å²) in [5.41, 5.74) is 0.320. The maximum absolute atomic E-state index is 12.9. The number of aliphatic carboxylic acids is 1. The first kappa shape index (κ1) is 17.7. The zero-order chi connectivity index (χ0) is 18.1. The van der Waals surface area contributed by atoms with Crippen molar-refractivity contribution in [3.05, 3.63) is 28.7 Å². The molecular formula is C18H21NO5S. The van der Waals surface area contributed by atoms with Crippen molar-refractivity contribution in [2.75, 3.05) is 11.9 Å². The molecule has 25 heavy (non-hydrogen) atoms. The number of ether oxygens (including phenoxy) is 1. The van der Waals surface area contributed by atoms with Crippen LogP contribution in [0.2, 0.25) is 0 Å². The number of carbonyl (C=O) groups is 3. The fourth-order valence-electron chi connectivity index (χ4n) is 3.85. The molecule has 1 fully saturated rings. The minimum atomic E-state index is -0.938. The molecule has 1 aromatic heterocycles. The van der Waals surface area contributed by atoms with E-state index in [4.69, 9.17) is 4.74 Å². The molecular weight excluding hydrogens is 342 g/mol. The molecule has 4 atom stereocenters. The number of carbonyl (C=O) groups excluding carboxylic acids is 2. The summed E-state index contributed by atoms with van der Waals surface area (Å²) < 4.78 is 5.03. The molecule has 134 valence electrons. The number of esters is 1. The number of hydrogen-bond donors (Lipinski definition) is 2. The second-order valence-electron chi connectivity index (χ2n) is 6.49. The van der Waals surface area contributed by atoms with Crippen LogP contribution >= 0.6 is 11.3 Å². The van der Waals surface area contributed by atoms with E-state index in [0.29, 0.717) is 10.6 Å². The van der Waals surface area contributed by atoms with Crippen LogP contribution in [0.4, 0.5) is 5.00 Å². The van der Waals surface area contributed by atoms with Crippen molar-refractivity contribution < 1.29 is 24.2 Å². The molecule has 0 unspecified atom stereocenters. The van der Waals surface area contributed by atoms with Gasteiger partial charge < -0.3 is 15.2 Å². The van der Waals surface area contributed by atoms with Gasteiger partial charge >= 0.3 is 11.9 Å². The summed E-state index contributed by atoms with van der Waals surface area (Å²) in [6, 6.07) is 1.68. The monoisotopic (exact) mass is 363 g/mol. The van der Waals surface area contributed by atoms with E-state index in [2.05, 4.69) is 5.32 Å². The number of fused-ring (bicyclic) bond motifs is 2. The van der Waals surface area contributed by atoms with Gasteiger partial charge in [-0.25, -0.2) is 4.79 Å². The van der Waals surface area contributed by atoms with Crippen molar-refractivity contribution in [2.45, 2.75) is 26.7 Å². The third kappa shape index (κ3) is 3.33. The third-order valence-electron chi connectivity index (χ3n) is 4.92. The van der Waals surface area contributed by atoms with E-state index >= 15 is 0 Å². The number of allylic oxidation sites excluding steroid dienone is 2. The molecule has 1 saturated carbocycles. The van der Waals surface area contributed by atoms with Crippen LogP contribution in [0.5, 0.6) is 0 Å². The average molecular weight is 363 g/mol. The summed E-state index contributed by atoms with van der Waals surface area (Å²) >= 11 is 1.29. The van der Waals surface area contributed by atoms with Crippen LogP contribution in [0.1, 0.15) is 35.0 Å². The van der Waals surface area contributed by atoms with Crippen LogP contribution < -0.4 is 5.32 Å². The van der Waals surface area contributed by atoms with E-state index in [1.165, 1.54) is 11.3 Å². The molecule has 1 aromatic rings. The number of carboxylic acids is 1.